The van der Waals surface area contributed by atoms with E-state index in [2.05, 4.69) is 15.5 Å². The van der Waals surface area contributed by atoms with Gasteiger partial charge >= 0.3 is 6.09 Å². The largest absolute Gasteiger partial charge is 0.444 e. The molecule has 2 heterocycles. The van der Waals surface area contributed by atoms with Crippen molar-refractivity contribution in [2.24, 2.45) is 0 Å². The van der Waals surface area contributed by atoms with Crippen LogP contribution >= 0.6 is 0 Å². The highest BCUT2D eigenvalue weighted by molar-refractivity contribution is 5.68. The van der Waals surface area contributed by atoms with E-state index in [1.807, 2.05) is 20.8 Å². The van der Waals surface area contributed by atoms with Crippen molar-refractivity contribution in [2.45, 2.75) is 95.5 Å². The molecule has 0 aromatic carbocycles. The van der Waals surface area contributed by atoms with Gasteiger partial charge in [-0.15, -0.1) is 0 Å². The Bertz CT molecular complexity index is 413. The number of carbonyl (C=O) groups is 1. The highest BCUT2D eigenvalue weighted by Crippen LogP contribution is 2.29. The van der Waals surface area contributed by atoms with E-state index < -0.39 is 5.60 Å². The summed E-state index contributed by atoms with van der Waals surface area (Å²) >= 11 is 0. The summed E-state index contributed by atoms with van der Waals surface area (Å²) in [4.78, 5) is 14.5. The molecule has 5 nitrogen and oxygen atoms in total. The number of fused-ring (bicyclic) bond motifs is 1. The second-order valence-electron chi connectivity index (χ2n) is 8.50. The lowest BCUT2D eigenvalue weighted by Crippen LogP contribution is -2.48. The van der Waals surface area contributed by atoms with Crippen LogP contribution in [0.2, 0.25) is 0 Å². The first-order valence-corrected chi connectivity index (χ1v) is 9.40. The molecule has 23 heavy (non-hydrogen) atoms. The van der Waals surface area contributed by atoms with E-state index in [-0.39, 0.29) is 12.1 Å². The van der Waals surface area contributed by atoms with Crippen LogP contribution in [-0.2, 0) is 4.74 Å². The quantitative estimate of drug-likeness (QED) is 0.838. The number of amides is 1. The number of ether oxygens (including phenoxy) is 1. The van der Waals surface area contributed by atoms with Gasteiger partial charge in [0.05, 0.1) is 0 Å². The van der Waals surface area contributed by atoms with Gasteiger partial charge in [-0.25, -0.2) is 4.79 Å². The maximum atomic E-state index is 11.9. The summed E-state index contributed by atoms with van der Waals surface area (Å²) in [7, 11) is 0. The van der Waals surface area contributed by atoms with Crippen LogP contribution in [0.3, 0.4) is 0 Å². The predicted molar refractivity (Wildman–Crippen MR) is 91.5 cm³/mol. The minimum Gasteiger partial charge on any atom is -0.444 e. The minimum absolute atomic E-state index is 0.272. The molecular weight excluding hydrogens is 290 g/mol. The van der Waals surface area contributed by atoms with Crippen LogP contribution in [0.5, 0.6) is 0 Å². The number of alkyl carbamates (subject to hydrolysis) is 1. The zero-order valence-corrected chi connectivity index (χ0v) is 14.9. The second-order valence-corrected chi connectivity index (χ2v) is 8.50. The Kier molecular flexibility index (Phi) is 5.16. The van der Waals surface area contributed by atoms with E-state index in [0.717, 1.165) is 31.7 Å². The first kappa shape index (κ1) is 17.0. The third kappa shape index (κ3) is 4.60. The summed E-state index contributed by atoms with van der Waals surface area (Å²) in [5, 5.41) is 6.95. The predicted octanol–water partition coefficient (Wildman–Crippen LogP) is 2.65. The summed E-state index contributed by atoms with van der Waals surface area (Å²) < 4.78 is 5.35. The van der Waals surface area contributed by atoms with Crippen LogP contribution in [0.25, 0.3) is 0 Å². The number of hydrogen-bond acceptors (Lipinski definition) is 4. The number of nitrogens with zero attached hydrogens (tertiary/aromatic N) is 1. The average Bonchev–Trinajstić information content (AvgIpc) is 3.04. The molecule has 0 spiro atoms. The Labute approximate surface area is 140 Å². The molecule has 0 aromatic rings. The van der Waals surface area contributed by atoms with Gasteiger partial charge in [-0.05, 0) is 72.3 Å². The summed E-state index contributed by atoms with van der Waals surface area (Å²) in [6, 6.07) is 2.37. The molecule has 3 rings (SSSR count). The summed E-state index contributed by atoms with van der Waals surface area (Å²) in [6.07, 6.45) is 8.19. The maximum Gasteiger partial charge on any atom is 0.407 e. The zero-order valence-electron chi connectivity index (χ0n) is 14.9. The molecule has 1 aliphatic carbocycles. The van der Waals surface area contributed by atoms with Gasteiger partial charge in [-0.3, -0.25) is 4.90 Å². The number of nitrogens with one attached hydrogen (secondary N) is 2. The molecule has 1 amide bonds. The lowest BCUT2D eigenvalue weighted by molar-refractivity contribution is 0.0489. The maximum absolute atomic E-state index is 11.9. The molecule has 0 aromatic heterocycles. The van der Waals surface area contributed by atoms with Crippen molar-refractivity contribution in [1.82, 2.24) is 15.5 Å². The monoisotopic (exact) mass is 323 g/mol. The fraction of sp³-hybridized carbons (Fsp3) is 0.944. The van der Waals surface area contributed by atoms with Crippen molar-refractivity contribution < 1.29 is 9.53 Å². The lowest BCUT2D eigenvalue weighted by Gasteiger charge is -2.33. The zero-order chi connectivity index (χ0) is 16.4. The highest BCUT2D eigenvalue weighted by atomic mass is 16.6. The molecule has 3 aliphatic rings. The van der Waals surface area contributed by atoms with Gasteiger partial charge in [0.15, 0.2) is 0 Å². The molecule has 0 bridgehead atoms. The SMILES string of the molecule is CC(C)(C)OC(=O)NC1CCC(NC2CCN3CCCC23)CC1. The number of hydrogen-bond donors (Lipinski definition) is 2. The van der Waals surface area contributed by atoms with Gasteiger partial charge < -0.3 is 15.4 Å². The first-order chi connectivity index (χ1) is 10.9. The van der Waals surface area contributed by atoms with Crippen molar-refractivity contribution in [3.8, 4) is 0 Å². The van der Waals surface area contributed by atoms with Gasteiger partial charge in [-0.1, -0.05) is 0 Å². The smallest absolute Gasteiger partial charge is 0.407 e. The fourth-order valence-corrected chi connectivity index (χ4v) is 4.46. The van der Waals surface area contributed by atoms with Crippen LogP contribution in [0.4, 0.5) is 4.79 Å². The first-order valence-electron chi connectivity index (χ1n) is 9.40. The minimum atomic E-state index is -0.418. The average molecular weight is 323 g/mol. The van der Waals surface area contributed by atoms with Crippen LogP contribution in [0, 0.1) is 0 Å². The Balaban J connectivity index is 1.38. The highest BCUT2D eigenvalue weighted by Gasteiger charge is 2.38. The summed E-state index contributed by atoms with van der Waals surface area (Å²) in [5.41, 5.74) is -0.418. The molecule has 1 saturated carbocycles. The molecule has 0 radical (unpaired) electrons. The van der Waals surface area contributed by atoms with E-state index in [1.54, 1.807) is 0 Å². The van der Waals surface area contributed by atoms with Crippen LogP contribution in [0.15, 0.2) is 0 Å². The van der Waals surface area contributed by atoms with Crippen LogP contribution in [0.1, 0.15) is 65.7 Å². The Morgan fingerprint density at radius 2 is 1.70 bits per heavy atom. The third-order valence-corrected chi connectivity index (χ3v) is 5.50. The van der Waals surface area contributed by atoms with Gasteiger partial charge in [-0.2, -0.15) is 0 Å². The fourth-order valence-electron chi connectivity index (χ4n) is 4.46. The van der Waals surface area contributed by atoms with E-state index in [4.69, 9.17) is 4.74 Å². The topological polar surface area (TPSA) is 53.6 Å². The van der Waals surface area contributed by atoms with Gasteiger partial charge in [0.25, 0.3) is 0 Å². The normalized spacial score (nSPS) is 35.1. The second kappa shape index (κ2) is 6.98. The Morgan fingerprint density at radius 1 is 1.00 bits per heavy atom. The van der Waals surface area contributed by atoms with E-state index in [1.165, 1.54) is 32.4 Å². The van der Waals surface area contributed by atoms with Gasteiger partial charge in [0.1, 0.15) is 5.60 Å². The molecule has 2 N–H and O–H groups in total. The van der Waals surface area contributed by atoms with Crippen LogP contribution < -0.4 is 10.6 Å². The van der Waals surface area contributed by atoms with Crippen molar-refractivity contribution in [3.05, 3.63) is 0 Å². The molecule has 132 valence electrons. The standard InChI is InChI=1S/C18H33N3O2/c1-18(2,3)23-17(22)20-14-8-6-13(7-9-14)19-15-10-12-21-11-4-5-16(15)21/h13-16,19H,4-12H2,1-3H3,(H,20,22). The molecule has 5 heteroatoms. The number of rotatable bonds is 3. The van der Waals surface area contributed by atoms with Crippen molar-refractivity contribution in [3.63, 3.8) is 0 Å². The lowest BCUT2D eigenvalue weighted by atomic mass is 9.90. The van der Waals surface area contributed by atoms with E-state index >= 15 is 0 Å². The summed E-state index contributed by atoms with van der Waals surface area (Å²) in [5.74, 6) is 0. The van der Waals surface area contributed by atoms with Gasteiger partial charge in [0.2, 0.25) is 0 Å². The molecular formula is C18H33N3O2. The number of carbonyl (C=O) groups excluding carboxylic acids is 1. The Hall–Kier alpha value is -0.810. The van der Waals surface area contributed by atoms with Crippen LogP contribution in [-0.4, -0.2) is 53.9 Å². The summed E-state index contributed by atoms with van der Waals surface area (Å²) in [6.45, 7) is 8.29. The third-order valence-electron chi connectivity index (χ3n) is 5.50. The van der Waals surface area contributed by atoms with Crippen molar-refractivity contribution in [2.75, 3.05) is 13.1 Å². The molecule has 2 aliphatic heterocycles. The molecule has 2 saturated heterocycles. The molecule has 2 atom stereocenters. The van der Waals surface area contributed by atoms with E-state index in [9.17, 15) is 4.79 Å². The van der Waals surface area contributed by atoms with Crippen molar-refractivity contribution >= 4 is 6.09 Å². The van der Waals surface area contributed by atoms with E-state index in [0.29, 0.717) is 12.1 Å². The molecule has 3 fully saturated rings. The molecule has 2 unspecified atom stereocenters. The van der Waals surface area contributed by atoms with Gasteiger partial charge in [0, 0.05) is 30.7 Å². The van der Waals surface area contributed by atoms with Crippen molar-refractivity contribution in [1.29, 1.82) is 0 Å². The Morgan fingerprint density at radius 3 is 2.39 bits per heavy atom.